The second kappa shape index (κ2) is 13.7. The molecule has 0 radical (unpaired) electrons. The predicted molar refractivity (Wildman–Crippen MR) is 215 cm³/mol. The minimum absolute atomic E-state index is 0.425. The zero-order valence-electron chi connectivity index (χ0n) is 29.2. The average molecular weight is 702 g/mol. The van der Waals surface area contributed by atoms with Crippen molar-refractivity contribution in [2.45, 2.75) is 0 Å². The summed E-state index contributed by atoms with van der Waals surface area (Å²) >= 11 is 0. The molecule has 0 aliphatic rings. The molecular weight excluding hydrogens is 675 g/mol. The Labute approximate surface area is 316 Å². The topological polar surface area (TPSA) is 115 Å². The van der Waals surface area contributed by atoms with E-state index in [-0.39, 0.29) is 0 Å². The van der Waals surface area contributed by atoms with E-state index in [9.17, 15) is 15.8 Å². The number of fused-ring (bicyclic) bond motifs is 3. The molecule has 254 valence electrons. The fraction of sp³-hybridized carbons (Fsp3) is 0. The largest absolute Gasteiger partial charge is 0.308 e. The van der Waals surface area contributed by atoms with Gasteiger partial charge in [0.15, 0.2) is 17.5 Å². The lowest BCUT2D eigenvalue weighted by Crippen LogP contribution is -2.04. The van der Waals surface area contributed by atoms with Crippen LogP contribution >= 0.6 is 0 Å². The van der Waals surface area contributed by atoms with Crippen molar-refractivity contribution in [2.24, 2.45) is 0 Å². The SMILES string of the molecule is N#Cc1ccc(-n2c3ccc(-c4ccccc4C#N)cc3c3cc(-c4ccccc4C#N)ccc32)c(-c2nc(-c3ccccc3)nc(-c3ccccc3)n2)c1. The summed E-state index contributed by atoms with van der Waals surface area (Å²) in [5.41, 5.74) is 10.1. The summed E-state index contributed by atoms with van der Waals surface area (Å²) in [5, 5.41) is 32.0. The highest BCUT2D eigenvalue weighted by Crippen LogP contribution is 2.40. The van der Waals surface area contributed by atoms with Gasteiger partial charge in [-0.3, -0.25) is 0 Å². The number of benzene rings is 7. The molecule has 9 rings (SSSR count). The molecule has 2 heterocycles. The van der Waals surface area contributed by atoms with Crippen LogP contribution in [0.2, 0.25) is 0 Å². The summed E-state index contributed by atoms with van der Waals surface area (Å²) in [4.78, 5) is 15.0. The lowest BCUT2D eigenvalue weighted by atomic mass is 9.96. The molecule has 0 N–H and O–H groups in total. The first-order valence-corrected chi connectivity index (χ1v) is 17.6. The van der Waals surface area contributed by atoms with E-state index in [2.05, 4.69) is 47.0 Å². The minimum atomic E-state index is 0.425. The van der Waals surface area contributed by atoms with Gasteiger partial charge in [-0.25, -0.2) is 15.0 Å². The van der Waals surface area contributed by atoms with Crippen LogP contribution in [-0.2, 0) is 0 Å². The first kappa shape index (κ1) is 32.7. The van der Waals surface area contributed by atoms with Crippen LogP contribution in [0, 0.1) is 34.0 Å². The van der Waals surface area contributed by atoms with Gasteiger partial charge in [0.1, 0.15) is 0 Å². The van der Waals surface area contributed by atoms with E-state index in [4.69, 9.17) is 15.0 Å². The Morgan fingerprint density at radius 3 is 1.35 bits per heavy atom. The van der Waals surface area contributed by atoms with Crippen LogP contribution in [0.15, 0.2) is 164 Å². The zero-order chi connectivity index (χ0) is 37.3. The maximum absolute atomic E-state index is 10.1. The number of hydrogen-bond acceptors (Lipinski definition) is 6. The highest BCUT2D eigenvalue weighted by molar-refractivity contribution is 6.12. The maximum atomic E-state index is 10.1. The molecule has 0 spiro atoms. The summed E-state index contributed by atoms with van der Waals surface area (Å²) in [6.07, 6.45) is 0. The molecule has 0 fully saturated rings. The third kappa shape index (κ3) is 5.83. The van der Waals surface area contributed by atoms with Crippen molar-refractivity contribution in [2.75, 3.05) is 0 Å². The second-order valence-corrected chi connectivity index (χ2v) is 13.0. The number of aromatic nitrogens is 4. The summed E-state index contributed by atoms with van der Waals surface area (Å²) in [5.74, 6) is 1.46. The number of nitriles is 3. The molecule has 0 unspecified atom stereocenters. The van der Waals surface area contributed by atoms with Crippen LogP contribution in [-0.4, -0.2) is 19.5 Å². The van der Waals surface area contributed by atoms with Crippen molar-refractivity contribution in [3.05, 3.63) is 180 Å². The predicted octanol–water partition coefficient (Wildman–Crippen LogP) is 10.9. The van der Waals surface area contributed by atoms with Crippen LogP contribution in [0.4, 0.5) is 0 Å². The minimum Gasteiger partial charge on any atom is -0.308 e. The molecule has 9 aromatic rings. The molecule has 0 aliphatic heterocycles. The molecule has 0 saturated carbocycles. The fourth-order valence-electron chi connectivity index (χ4n) is 7.19. The normalized spacial score (nSPS) is 10.9. The maximum Gasteiger partial charge on any atom is 0.166 e. The quantitative estimate of drug-likeness (QED) is 0.170. The van der Waals surface area contributed by atoms with E-state index in [0.717, 1.165) is 60.9 Å². The van der Waals surface area contributed by atoms with Crippen molar-refractivity contribution in [1.82, 2.24) is 19.5 Å². The lowest BCUT2D eigenvalue weighted by Gasteiger charge is -2.15. The molecule has 2 aromatic heterocycles. The molecular formula is C48H27N7. The number of hydrogen-bond donors (Lipinski definition) is 0. The molecule has 7 heteroatoms. The van der Waals surface area contributed by atoms with E-state index in [0.29, 0.717) is 39.7 Å². The Morgan fingerprint density at radius 2 is 0.855 bits per heavy atom. The van der Waals surface area contributed by atoms with Crippen LogP contribution in [0.5, 0.6) is 0 Å². The van der Waals surface area contributed by atoms with E-state index in [1.54, 1.807) is 0 Å². The molecule has 0 bridgehead atoms. The lowest BCUT2D eigenvalue weighted by molar-refractivity contribution is 1.06. The Balaban J connectivity index is 1.35. The first-order valence-electron chi connectivity index (χ1n) is 17.6. The second-order valence-electron chi connectivity index (χ2n) is 13.0. The number of rotatable bonds is 6. The van der Waals surface area contributed by atoms with Crippen molar-refractivity contribution in [3.8, 4) is 80.3 Å². The molecule has 55 heavy (non-hydrogen) atoms. The standard InChI is InChI=1S/C48H27N7/c49-28-31-19-22-45(42(25-31)48-53-46(32-11-3-1-4-12-32)52-47(54-48)33-13-5-2-6-14-33)55-43-23-20-34(38-17-9-7-15-36(38)29-50)26-40(43)41-27-35(21-24-44(41)55)39-18-10-8-16-37(39)30-51/h1-27H. The highest BCUT2D eigenvalue weighted by atomic mass is 15.1. The highest BCUT2D eigenvalue weighted by Gasteiger charge is 2.21. The van der Waals surface area contributed by atoms with E-state index in [1.807, 2.05) is 140 Å². The van der Waals surface area contributed by atoms with Crippen LogP contribution in [0.25, 0.3) is 83.9 Å². The third-order valence-electron chi connectivity index (χ3n) is 9.79. The molecule has 0 atom stereocenters. The number of nitrogens with zero attached hydrogens (tertiary/aromatic N) is 7. The summed E-state index contributed by atoms with van der Waals surface area (Å²) in [6.45, 7) is 0. The molecule has 7 aromatic carbocycles. The van der Waals surface area contributed by atoms with Gasteiger partial charge < -0.3 is 4.57 Å². The smallest absolute Gasteiger partial charge is 0.166 e. The summed E-state index contributed by atoms with van der Waals surface area (Å²) in [7, 11) is 0. The molecule has 0 aliphatic carbocycles. The van der Waals surface area contributed by atoms with Gasteiger partial charge in [0.2, 0.25) is 0 Å². The monoisotopic (exact) mass is 701 g/mol. The van der Waals surface area contributed by atoms with Crippen molar-refractivity contribution in [3.63, 3.8) is 0 Å². The average Bonchev–Trinajstić information content (AvgIpc) is 3.59. The summed E-state index contributed by atoms with van der Waals surface area (Å²) in [6, 6.07) is 59.8. The van der Waals surface area contributed by atoms with Gasteiger partial charge in [-0.2, -0.15) is 15.8 Å². The van der Waals surface area contributed by atoms with Crippen molar-refractivity contribution >= 4 is 21.8 Å². The summed E-state index contributed by atoms with van der Waals surface area (Å²) < 4.78 is 2.18. The fourth-order valence-corrected chi connectivity index (χ4v) is 7.19. The van der Waals surface area contributed by atoms with Gasteiger partial charge in [0.05, 0.1) is 51.6 Å². The van der Waals surface area contributed by atoms with Gasteiger partial charge in [-0.1, -0.05) is 109 Å². The molecule has 0 amide bonds. The van der Waals surface area contributed by atoms with E-state index in [1.165, 1.54) is 0 Å². The first-order chi connectivity index (χ1) is 27.1. The Hall–Kier alpha value is -8.18. The van der Waals surface area contributed by atoms with Crippen LogP contribution in [0.3, 0.4) is 0 Å². The van der Waals surface area contributed by atoms with E-state index >= 15 is 0 Å². The Bertz CT molecular complexity index is 2900. The Kier molecular flexibility index (Phi) is 8.18. The van der Waals surface area contributed by atoms with Crippen LogP contribution < -0.4 is 0 Å². The van der Waals surface area contributed by atoms with Gasteiger partial charge in [0, 0.05) is 27.5 Å². The third-order valence-corrected chi connectivity index (χ3v) is 9.79. The Morgan fingerprint density at radius 1 is 0.382 bits per heavy atom. The van der Waals surface area contributed by atoms with Gasteiger partial charge in [0.25, 0.3) is 0 Å². The van der Waals surface area contributed by atoms with E-state index < -0.39 is 0 Å². The zero-order valence-corrected chi connectivity index (χ0v) is 29.2. The molecule has 0 saturated heterocycles. The van der Waals surface area contributed by atoms with Gasteiger partial charge in [-0.15, -0.1) is 0 Å². The van der Waals surface area contributed by atoms with Crippen molar-refractivity contribution in [1.29, 1.82) is 15.8 Å². The van der Waals surface area contributed by atoms with Crippen molar-refractivity contribution < 1.29 is 0 Å². The van der Waals surface area contributed by atoms with Crippen LogP contribution in [0.1, 0.15) is 16.7 Å². The molecule has 7 nitrogen and oxygen atoms in total. The van der Waals surface area contributed by atoms with Gasteiger partial charge in [-0.05, 0) is 76.9 Å². The van der Waals surface area contributed by atoms with Gasteiger partial charge >= 0.3 is 0 Å².